The fourth-order valence-corrected chi connectivity index (χ4v) is 3.95. The summed E-state index contributed by atoms with van der Waals surface area (Å²) in [6.45, 7) is 3.74. The predicted octanol–water partition coefficient (Wildman–Crippen LogP) is 2.93. The Morgan fingerprint density at radius 1 is 1.04 bits per heavy atom. The Morgan fingerprint density at radius 2 is 1.69 bits per heavy atom. The van der Waals surface area contributed by atoms with E-state index < -0.39 is 33.1 Å². The van der Waals surface area contributed by atoms with Crippen LogP contribution >= 0.6 is 0 Å². The van der Waals surface area contributed by atoms with Crippen LogP contribution in [-0.2, 0) is 16.6 Å². The van der Waals surface area contributed by atoms with E-state index in [0.717, 1.165) is 18.2 Å². The molecule has 0 saturated carbocycles. The van der Waals surface area contributed by atoms with Crippen molar-refractivity contribution in [3.05, 3.63) is 65.2 Å². The molecule has 0 heterocycles. The Bertz CT molecular complexity index is 897. The second-order valence-corrected chi connectivity index (χ2v) is 7.44. The van der Waals surface area contributed by atoms with E-state index in [9.17, 15) is 22.0 Å². The summed E-state index contributed by atoms with van der Waals surface area (Å²) in [6, 6.07) is 8.93. The molecule has 0 unspecified atom stereocenters. The number of hydrogen-bond acceptors (Lipinski definition) is 3. The molecule has 0 aromatic heterocycles. The predicted molar refractivity (Wildman–Crippen MR) is 94.1 cm³/mol. The van der Waals surface area contributed by atoms with Gasteiger partial charge in [0.2, 0.25) is 10.0 Å². The molecule has 0 fully saturated rings. The molecule has 2 rings (SSSR count). The van der Waals surface area contributed by atoms with Gasteiger partial charge in [0.05, 0.1) is 10.5 Å². The first kappa shape index (κ1) is 20.0. The van der Waals surface area contributed by atoms with Crippen molar-refractivity contribution >= 4 is 15.9 Å². The van der Waals surface area contributed by atoms with Gasteiger partial charge >= 0.3 is 0 Å². The van der Waals surface area contributed by atoms with Gasteiger partial charge in [-0.25, -0.2) is 17.2 Å². The van der Waals surface area contributed by atoms with Crippen LogP contribution in [0.3, 0.4) is 0 Å². The third-order valence-electron chi connectivity index (χ3n) is 3.92. The van der Waals surface area contributed by atoms with Crippen LogP contribution in [0.5, 0.6) is 0 Å². The number of halogens is 2. The zero-order valence-electron chi connectivity index (χ0n) is 14.5. The number of benzene rings is 2. The van der Waals surface area contributed by atoms with E-state index in [1.165, 1.54) is 22.5 Å². The van der Waals surface area contributed by atoms with E-state index in [2.05, 4.69) is 5.32 Å². The fraction of sp³-hybridized carbons (Fsp3) is 0.278. The lowest BCUT2D eigenvalue weighted by atomic mass is 10.1. The fourth-order valence-electron chi connectivity index (χ4n) is 2.46. The van der Waals surface area contributed by atoms with E-state index in [0.29, 0.717) is 0 Å². The summed E-state index contributed by atoms with van der Waals surface area (Å²) < 4.78 is 53.9. The summed E-state index contributed by atoms with van der Waals surface area (Å²) in [5.74, 6) is -2.16. The van der Waals surface area contributed by atoms with Crippen LogP contribution < -0.4 is 5.32 Å². The molecule has 0 saturated heterocycles. The van der Waals surface area contributed by atoms with Crippen LogP contribution in [-0.4, -0.2) is 31.7 Å². The van der Waals surface area contributed by atoms with Gasteiger partial charge in [-0.15, -0.1) is 0 Å². The average Bonchev–Trinajstić information content (AvgIpc) is 2.61. The molecule has 0 spiro atoms. The lowest BCUT2D eigenvalue weighted by Gasteiger charge is -2.19. The molecule has 8 heteroatoms. The molecule has 26 heavy (non-hydrogen) atoms. The Hall–Kier alpha value is -2.32. The summed E-state index contributed by atoms with van der Waals surface area (Å²) in [5.41, 5.74) is -0.164. The smallest absolute Gasteiger partial charge is 0.254 e. The monoisotopic (exact) mass is 382 g/mol. The van der Waals surface area contributed by atoms with Crippen LogP contribution in [0.25, 0.3) is 0 Å². The number of carbonyl (C=O) groups is 1. The van der Waals surface area contributed by atoms with E-state index in [1.807, 2.05) is 0 Å². The highest BCUT2D eigenvalue weighted by molar-refractivity contribution is 7.89. The van der Waals surface area contributed by atoms with Gasteiger partial charge in [0.25, 0.3) is 5.91 Å². The number of amides is 1. The largest absolute Gasteiger partial charge is 0.348 e. The van der Waals surface area contributed by atoms with Gasteiger partial charge < -0.3 is 5.32 Å². The van der Waals surface area contributed by atoms with E-state index in [1.54, 1.807) is 19.9 Å². The Balaban J connectivity index is 2.26. The highest BCUT2D eigenvalue weighted by Gasteiger charge is 2.24. The number of carbonyl (C=O) groups excluding carboxylic acids is 1. The molecule has 2 aromatic carbocycles. The number of nitrogens with zero attached hydrogens (tertiary/aromatic N) is 1. The first-order valence-electron chi connectivity index (χ1n) is 8.12. The standard InChI is InChI=1S/C18H20F2N2O3S/c1-3-22(4-2)26(24,25)14-9-10-17(20)15(11-14)18(23)21-12-13-7-5-6-8-16(13)19/h5-11H,3-4,12H2,1-2H3,(H,21,23). The molecule has 0 aliphatic rings. The third kappa shape index (κ3) is 4.25. The molecule has 1 amide bonds. The van der Waals surface area contributed by atoms with Gasteiger partial charge in [-0.3, -0.25) is 4.79 Å². The molecule has 0 aliphatic carbocycles. The van der Waals surface area contributed by atoms with Crippen molar-refractivity contribution in [1.82, 2.24) is 9.62 Å². The highest BCUT2D eigenvalue weighted by Crippen LogP contribution is 2.19. The van der Waals surface area contributed by atoms with Crippen LogP contribution in [0.2, 0.25) is 0 Å². The molecule has 0 bridgehead atoms. The maximum absolute atomic E-state index is 14.0. The maximum atomic E-state index is 14.0. The van der Waals surface area contributed by atoms with Crippen molar-refractivity contribution in [2.75, 3.05) is 13.1 Å². The topological polar surface area (TPSA) is 66.5 Å². The zero-order valence-corrected chi connectivity index (χ0v) is 15.3. The molecular weight excluding hydrogens is 362 g/mol. The molecule has 2 aromatic rings. The van der Waals surface area contributed by atoms with Gasteiger partial charge in [0.1, 0.15) is 11.6 Å². The first-order chi connectivity index (χ1) is 12.3. The van der Waals surface area contributed by atoms with Gasteiger partial charge in [-0.2, -0.15) is 4.31 Å². The molecule has 5 nitrogen and oxygen atoms in total. The highest BCUT2D eigenvalue weighted by atomic mass is 32.2. The normalized spacial score (nSPS) is 11.6. The molecule has 140 valence electrons. The second kappa shape index (κ2) is 8.37. The van der Waals surface area contributed by atoms with E-state index >= 15 is 0 Å². The number of rotatable bonds is 7. The SMILES string of the molecule is CCN(CC)S(=O)(=O)c1ccc(F)c(C(=O)NCc2ccccc2F)c1. The molecule has 0 aliphatic heterocycles. The lowest BCUT2D eigenvalue weighted by molar-refractivity contribution is 0.0946. The summed E-state index contributed by atoms with van der Waals surface area (Å²) in [6.07, 6.45) is 0. The number of hydrogen-bond donors (Lipinski definition) is 1. The lowest BCUT2D eigenvalue weighted by Crippen LogP contribution is -2.31. The van der Waals surface area contributed by atoms with Crippen LogP contribution in [0.1, 0.15) is 29.8 Å². The van der Waals surface area contributed by atoms with Crippen LogP contribution in [0.4, 0.5) is 8.78 Å². The van der Waals surface area contributed by atoms with Crippen molar-refractivity contribution in [2.45, 2.75) is 25.3 Å². The zero-order chi connectivity index (χ0) is 19.3. The minimum absolute atomic E-state index is 0.141. The second-order valence-electron chi connectivity index (χ2n) is 5.51. The minimum Gasteiger partial charge on any atom is -0.348 e. The van der Waals surface area contributed by atoms with Gasteiger partial charge in [-0.05, 0) is 24.3 Å². The Morgan fingerprint density at radius 3 is 2.31 bits per heavy atom. The average molecular weight is 382 g/mol. The van der Waals surface area contributed by atoms with E-state index in [-0.39, 0.29) is 30.1 Å². The summed E-state index contributed by atoms with van der Waals surface area (Å²) in [5, 5.41) is 2.41. The van der Waals surface area contributed by atoms with Gasteiger partial charge in [-0.1, -0.05) is 32.0 Å². The molecule has 0 atom stereocenters. The van der Waals surface area contributed by atoms with Gasteiger partial charge in [0, 0.05) is 25.2 Å². The summed E-state index contributed by atoms with van der Waals surface area (Å²) in [7, 11) is -3.82. The van der Waals surface area contributed by atoms with Crippen LogP contribution in [0, 0.1) is 11.6 Å². The van der Waals surface area contributed by atoms with Crippen molar-refractivity contribution in [3.8, 4) is 0 Å². The van der Waals surface area contributed by atoms with Crippen LogP contribution in [0.15, 0.2) is 47.4 Å². The van der Waals surface area contributed by atoms with Crippen molar-refractivity contribution in [1.29, 1.82) is 0 Å². The number of sulfonamides is 1. The minimum atomic E-state index is -3.82. The van der Waals surface area contributed by atoms with Crippen molar-refractivity contribution < 1.29 is 22.0 Å². The summed E-state index contributed by atoms with van der Waals surface area (Å²) in [4.78, 5) is 12.1. The van der Waals surface area contributed by atoms with Crippen molar-refractivity contribution in [2.24, 2.45) is 0 Å². The maximum Gasteiger partial charge on any atom is 0.254 e. The van der Waals surface area contributed by atoms with Crippen molar-refractivity contribution in [3.63, 3.8) is 0 Å². The van der Waals surface area contributed by atoms with E-state index in [4.69, 9.17) is 0 Å². The molecular formula is C18H20F2N2O3S. The summed E-state index contributed by atoms with van der Waals surface area (Å²) >= 11 is 0. The molecule has 1 N–H and O–H groups in total. The van der Waals surface area contributed by atoms with Gasteiger partial charge in [0.15, 0.2) is 0 Å². The third-order valence-corrected chi connectivity index (χ3v) is 5.97. The molecule has 0 radical (unpaired) electrons. The quantitative estimate of drug-likeness (QED) is 0.801. The Labute approximate surface area is 151 Å². The number of nitrogens with one attached hydrogen (secondary N) is 1. The first-order valence-corrected chi connectivity index (χ1v) is 9.56. The Kier molecular flexibility index (Phi) is 6.44.